The third kappa shape index (κ3) is 3.89. The van der Waals surface area contributed by atoms with E-state index in [1.807, 2.05) is 10.8 Å². The Kier molecular flexibility index (Phi) is 6.83. The fourth-order valence-corrected chi connectivity index (χ4v) is 16.3. The van der Waals surface area contributed by atoms with E-state index in [1.54, 1.807) is 16.7 Å². The summed E-state index contributed by atoms with van der Waals surface area (Å²) in [6.07, 6.45) is 36.3. The largest absolute Gasteiger partial charge is 0.0839 e. The van der Waals surface area contributed by atoms with Crippen LogP contribution in [-0.2, 0) is 6.42 Å². The summed E-state index contributed by atoms with van der Waals surface area (Å²) in [6.45, 7) is 10.5. The molecule has 10 unspecified atom stereocenters. The second kappa shape index (κ2) is 10.5. The molecule has 0 saturated heterocycles. The fraction of sp³-hybridized carbons (Fsp3) is 0.500. The van der Waals surface area contributed by atoms with Crippen molar-refractivity contribution in [2.75, 3.05) is 0 Å². The molecule has 0 aliphatic heterocycles. The number of hydrogen-bond acceptors (Lipinski definition) is 0. The Bertz CT molecular complexity index is 1460. The van der Waals surface area contributed by atoms with E-state index >= 15 is 0 Å². The molecule has 0 nitrogen and oxygen atoms in total. The highest BCUT2D eigenvalue weighted by Crippen LogP contribution is 2.70. The molecule has 7 aliphatic rings. The normalized spacial score (nSPS) is 41.1. The van der Waals surface area contributed by atoms with E-state index in [0.29, 0.717) is 28.7 Å². The van der Waals surface area contributed by atoms with Gasteiger partial charge in [0.2, 0.25) is 0 Å². The highest BCUT2D eigenvalue weighted by atomic mass is 28.3. The summed E-state index contributed by atoms with van der Waals surface area (Å²) in [5, 5.41) is 2.22. The molecule has 0 amide bonds. The van der Waals surface area contributed by atoms with Gasteiger partial charge in [0, 0.05) is 14.7 Å². The van der Waals surface area contributed by atoms with E-state index in [2.05, 4.69) is 117 Å². The Morgan fingerprint density at radius 3 is 2.40 bits per heavy atom. The number of hydrogen-bond donors (Lipinski definition) is 0. The fourth-order valence-electron chi connectivity index (χ4n) is 11.9. The topological polar surface area (TPSA) is 0 Å². The Balaban J connectivity index is 1.30. The molecule has 0 aromatic heterocycles. The molecular formula is C40H50Si2. The average molecular weight is 587 g/mol. The molecule has 0 N–H and O–H groups in total. The van der Waals surface area contributed by atoms with Crippen molar-refractivity contribution in [1.29, 1.82) is 0 Å². The monoisotopic (exact) mass is 586 g/mol. The zero-order valence-corrected chi connectivity index (χ0v) is 28.6. The second-order valence-corrected chi connectivity index (χ2v) is 21.8. The predicted octanol–water partition coefficient (Wildman–Crippen LogP) is 9.54. The maximum Gasteiger partial charge on any atom is 0.0646 e. The van der Waals surface area contributed by atoms with Crippen LogP contribution in [0.1, 0.15) is 49.1 Å². The summed E-state index contributed by atoms with van der Waals surface area (Å²) >= 11 is 0. The molecule has 1 aromatic carbocycles. The first kappa shape index (κ1) is 27.4. The average Bonchev–Trinajstić information content (AvgIpc) is 3.80. The second-order valence-electron chi connectivity index (χ2n) is 15.5. The molecule has 218 valence electrons. The minimum absolute atomic E-state index is 0.400. The van der Waals surface area contributed by atoms with Crippen LogP contribution < -0.4 is 0 Å². The van der Waals surface area contributed by atoms with Gasteiger partial charge in [0.15, 0.2) is 0 Å². The van der Waals surface area contributed by atoms with Crippen LogP contribution in [0.2, 0.25) is 31.2 Å². The zero-order chi connectivity index (χ0) is 28.6. The maximum atomic E-state index is 2.83. The Labute approximate surface area is 258 Å². The van der Waals surface area contributed by atoms with Crippen molar-refractivity contribution >= 4 is 17.6 Å². The van der Waals surface area contributed by atoms with E-state index in [0.717, 1.165) is 29.6 Å². The lowest BCUT2D eigenvalue weighted by Gasteiger charge is -2.54. The molecule has 2 fully saturated rings. The molecule has 0 radical (unpaired) electrons. The summed E-state index contributed by atoms with van der Waals surface area (Å²) < 4.78 is 0. The van der Waals surface area contributed by atoms with Gasteiger partial charge in [0.1, 0.15) is 0 Å². The number of allylic oxidation sites excluding steroid dienone is 14. The van der Waals surface area contributed by atoms with Crippen molar-refractivity contribution in [1.82, 2.24) is 0 Å². The molecule has 10 atom stereocenters. The number of fused-ring (bicyclic) bond motifs is 6. The quantitative estimate of drug-likeness (QED) is 0.238. The first-order valence-electron chi connectivity index (χ1n) is 17.4. The van der Waals surface area contributed by atoms with E-state index < -0.39 is 17.6 Å². The summed E-state index contributed by atoms with van der Waals surface area (Å²) in [4.78, 5) is 0. The standard InChI is InChI=1S/C40H50Si2/c1-41(2)36-22-12-19-30(36)33-21-11-20-32-29-17-9-10-18-31(29)38(37(32)33)34-23-24-35-28-16-8-7-15-27(28)25-40(35,42(3)4)39(34)26-13-5-6-14-26/h5-10,12-13,15-18,22-24,29,31-35,37-39,41-42H,11,14,19-21,25H2,1-4H3. The summed E-state index contributed by atoms with van der Waals surface area (Å²) in [5.74, 6) is 6.53. The van der Waals surface area contributed by atoms with Gasteiger partial charge >= 0.3 is 0 Å². The first-order valence-corrected chi connectivity index (χ1v) is 23.1. The van der Waals surface area contributed by atoms with E-state index in [4.69, 9.17) is 0 Å². The van der Waals surface area contributed by atoms with Gasteiger partial charge in [-0.15, -0.1) is 0 Å². The predicted molar refractivity (Wildman–Crippen MR) is 185 cm³/mol. The lowest BCUT2D eigenvalue weighted by molar-refractivity contribution is 0.0983. The van der Waals surface area contributed by atoms with Crippen LogP contribution in [0.25, 0.3) is 0 Å². The van der Waals surface area contributed by atoms with Crippen molar-refractivity contribution in [3.05, 3.63) is 119 Å². The molecule has 1 aromatic rings. The Morgan fingerprint density at radius 1 is 0.786 bits per heavy atom. The number of rotatable bonds is 5. The van der Waals surface area contributed by atoms with Gasteiger partial charge in [-0.3, -0.25) is 0 Å². The summed E-state index contributed by atoms with van der Waals surface area (Å²) in [6, 6.07) is 9.55. The summed E-state index contributed by atoms with van der Waals surface area (Å²) in [7, 11) is -1.91. The molecule has 8 rings (SSSR count). The SMILES string of the molecule is C[SiH](C)C1=C(C2CCCC3C4C=CC=CC4C(C4C=CC5c6ccccc6CC5([SiH](C)C)C4C4=CC=CC4)C23)CC=C1. The highest BCUT2D eigenvalue weighted by molar-refractivity contribution is 6.65. The van der Waals surface area contributed by atoms with Gasteiger partial charge in [0.05, 0.1) is 8.80 Å². The lowest BCUT2D eigenvalue weighted by atomic mass is 9.57. The van der Waals surface area contributed by atoms with Crippen molar-refractivity contribution in [2.45, 2.75) is 75.7 Å². The van der Waals surface area contributed by atoms with Crippen molar-refractivity contribution in [2.24, 2.45) is 47.3 Å². The first-order chi connectivity index (χ1) is 20.5. The van der Waals surface area contributed by atoms with Gasteiger partial charge in [-0.25, -0.2) is 0 Å². The molecule has 0 bridgehead atoms. The minimum atomic E-state index is -1.07. The smallest absolute Gasteiger partial charge is 0.0646 e. The molecule has 42 heavy (non-hydrogen) atoms. The highest BCUT2D eigenvalue weighted by Gasteiger charge is 2.62. The van der Waals surface area contributed by atoms with Crippen LogP contribution in [-0.4, -0.2) is 17.6 Å². The molecule has 0 spiro atoms. The van der Waals surface area contributed by atoms with Gasteiger partial charge < -0.3 is 0 Å². The molecule has 2 saturated carbocycles. The Morgan fingerprint density at radius 2 is 1.62 bits per heavy atom. The van der Waals surface area contributed by atoms with Crippen molar-refractivity contribution < 1.29 is 0 Å². The van der Waals surface area contributed by atoms with E-state index in [9.17, 15) is 0 Å². The zero-order valence-electron chi connectivity index (χ0n) is 26.3. The van der Waals surface area contributed by atoms with Crippen LogP contribution in [0.3, 0.4) is 0 Å². The number of benzene rings is 1. The molecule has 7 aliphatic carbocycles. The molecular weight excluding hydrogens is 537 g/mol. The van der Waals surface area contributed by atoms with Crippen molar-refractivity contribution in [3.8, 4) is 0 Å². The van der Waals surface area contributed by atoms with E-state index in [-0.39, 0.29) is 0 Å². The van der Waals surface area contributed by atoms with Gasteiger partial charge in [-0.2, -0.15) is 0 Å². The Hall–Kier alpha value is -2.17. The van der Waals surface area contributed by atoms with Crippen LogP contribution in [0.5, 0.6) is 0 Å². The molecule has 0 heterocycles. The minimum Gasteiger partial charge on any atom is -0.0839 e. The van der Waals surface area contributed by atoms with Gasteiger partial charge in [-0.1, -0.05) is 140 Å². The van der Waals surface area contributed by atoms with E-state index in [1.165, 1.54) is 38.5 Å². The van der Waals surface area contributed by atoms with Crippen LogP contribution >= 0.6 is 0 Å². The van der Waals surface area contributed by atoms with Gasteiger partial charge in [-0.05, 0) is 95.6 Å². The van der Waals surface area contributed by atoms with Crippen LogP contribution in [0, 0.1) is 47.3 Å². The van der Waals surface area contributed by atoms with Crippen LogP contribution in [0.4, 0.5) is 0 Å². The third-order valence-corrected chi connectivity index (χ3v) is 18.2. The maximum absolute atomic E-state index is 2.83. The third-order valence-electron chi connectivity index (χ3n) is 13.4. The molecule has 2 heteroatoms. The van der Waals surface area contributed by atoms with Gasteiger partial charge in [0.25, 0.3) is 0 Å². The summed E-state index contributed by atoms with van der Waals surface area (Å²) in [5.41, 5.74) is 6.96. The van der Waals surface area contributed by atoms with Crippen molar-refractivity contribution in [3.63, 3.8) is 0 Å². The lowest BCUT2D eigenvalue weighted by Crippen LogP contribution is -2.48. The van der Waals surface area contributed by atoms with Crippen LogP contribution in [0.15, 0.2) is 107 Å².